The minimum Gasteiger partial charge on any atom is -0.493 e. The van der Waals surface area contributed by atoms with Crippen molar-refractivity contribution in [1.29, 1.82) is 0 Å². The van der Waals surface area contributed by atoms with Crippen LogP contribution in [0.3, 0.4) is 0 Å². The van der Waals surface area contributed by atoms with Crippen LogP contribution in [0.4, 0.5) is 35.1 Å². The number of rotatable bonds is 8. The summed E-state index contributed by atoms with van der Waals surface area (Å²) >= 11 is 0. The van der Waals surface area contributed by atoms with Gasteiger partial charge in [-0.3, -0.25) is 0 Å². The van der Waals surface area contributed by atoms with Gasteiger partial charge in [0, 0.05) is 0 Å². The molecule has 0 spiro atoms. The lowest BCUT2D eigenvalue weighted by Gasteiger charge is -2.43. The predicted octanol–water partition coefficient (Wildman–Crippen LogP) is 8.21. The molecule has 2 aliphatic rings. The Morgan fingerprint density at radius 2 is 1.59 bits per heavy atom. The molecule has 34 heavy (non-hydrogen) atoms. The Kier molecular flexibility index (Phi) is 8.03. The van der Waals surface area contributed by atoms with Crippen LogP contribution in [-0.2, 0) is 5.41 Å². The highest BCUT2D eigenvalue weighted by atomic mass is 19.4. The highest BCUT2D eigenvalue weighted by molar-refractivity contribution is 5.47. The average molecular weight is 496 g/mol. The molecule has 3 rings (SSSR count). The molecule has 0 N–H and O–H groups in total. The van der Waals surface area contributed by atoms with Crippen LogP contribution in [0.15, 0.2) is 48.3 Å². The summed E-state index contributed by atoms with van der Waals surface area (Å²) in [6.45, 7) is 2.51. The van der Waals surface area contributed by atoms with Crippen LogP contribution in [-0.4, -0.2) is 31.0 Å². The fraction of sp³-hybridized carbons (Fsp3) is 0.600. The smallest absolute Gasteiger partial charge is 0.425 e. The van der Waals surface area contributed by atoms with Gasteiger partial charge in [-0.1, -0.05) is 50.8 Å². The van der Waals surface area contributed by atoms with Gasteiger partial charge in [0.25, 0.3) is 6.17 Å². The third-order valence-electron chi connectivity index (χ3n) is 6.90. The summed E-state index contributed by atoms with van der Waals surface area (Å²) in [4.78, 5) is 0. The molecule has 0 amide bonds. The van der Waals surface area contributed by atoms with E-state index in [1.54, 1.807) is 0 Å². The lowest BCUT2D eigenvalue weighted by Crippen LogP contribution is -2.60. The van der Waals surface area contributed by atoms with E-state index in [0.29, 0.717) is 30.6 Å². The number of hydrogen-bond acceptors (Lipinski definition) is 1. The molecular weight excluding hydrogens is 468 g/mol. The first-order valence-corrected chi connectivity index (χ1v) is 11.4. The van der Waals surface area contributed by atoms with Gasteiger partial charge in [-0.2, -0.15) is 13.2 Å². The van der Waals surface area contributed by atoms with Crippen molar-refractivity contribution >= 4 is 0 Å². The van der Waals surface area contributed by atoms with E-state index >= 15 is 0 Å². The standard InChI is InChI=1S/C25H28F8O/c1-2-4-16-7-9-17(10-8-16)15-34-19-13-11-18(12-14-19)23(20(26)5-3-6-21(23)27)24(29,30)22(28)25(31,32)33/h3,5-6,11-14,16-17,20,22H,2,4,7-10,15H2,1H3. The van der Waals surface area contributed by atoms with E-state index in [4.69, 9.17) is 4.74 Å². The van der Waals surface area contributed by atoms with Crippen molar-refractivity contribution in [2.75, 3.05) is 6.61 Å². The molecule has 1 saturated carbocycles. The summed E-state index contributed by atoms with van der Waals surface area (Å²) < 4.78 is 118. The number of halogens is 8. The first-order chi connectivity index (χ1) is 15.9. The zero-order valence-corrected chi connectivity index (χ0v) is 18.7. The van der Waals surface area contributed by atoms with Crippen LogP contribution in [0.25, 0.3) is 0 Å². The van der Waals surface area contributed by atoms with Crippen molar-refractivity contribution in [3.63, 3.8) is 0 Å². The third-order valence-corrected chi connectivity index (χ3v) is 6.90. The van der Waals surface area contributed by atoms with Crippen LogP contribution in [0.5, 0.6) is 5.75 Å². The van der Waals surface area contributed by atoms with E-state index in [1.807, 2.05) is 0 Å². The Labute approximate surface area is 193 Å². The van der Waals surface area contributed by atoms with Crippen molar-refractivity contribution in [1.82, 2.24) is 0 Å². The van der Waals surface area contributed by atoms with Gasteiger partial charge in [0.05, 0.1) is 6.61 Å². The molecule has 0 saturated heterocycles. The summed E-state index contributed by atoms with van der Waals surface area (Å²) in [5.41, 5.74) is -4.62. The van der Waals surface area contributed by atoms with E-state index in [9.17, 15) is 35.1 Å². The summed E-state index contributed by atoms with van der Waals surface area (Å²) in [6, 6.07) is 4.05. The van der Waals surface area contributed by atoms with Crippen LogP contribution in [0, 0.1) is 11.8 Å². The van der Waals surface area contributed by atoms with Gasteiger partial charge in [-0.15, -0.1) is 0 Å². The predicted molar refractivity (Wildman–Crippen MR) is 113 cm³/mol. The Balaban J connectivity index is 1.81. The van der Waals surface area contributed by atoms with Gasteiger partial charge in [0.1, 0.15) is 23.2 Å². The SMILES string of the molecule is CCCC1CCC(COc2ccc(C3(C(F)(F)C(F)C(F)(F)F)C(F)=CC=CC3F)cc2)CC1. The average Bonchev–Trinajstić information content (AvgIpc) is 2.78. The second-order valence-electron chi connectivity index (χ2n) is 9.15. The Hall–Kier alpha value is -2.06. The quantitative estimate of drug-likeness (QED) is 0.330. The summed E-state index contributed by atoms with van der Waals surface area (Å²) in [7, 11) is 0. The molecule has 0 aliphatic heterocycles. The first-order valence-electron chi connectivity index (χ1n) is 11.4. The van der Waals surface area contributed by atoms with E-state index in [-0.39, 0.29) is 5.75 Å². The van der Waals surface area contributed by atoms with E-state index in [0.717, 1.165) is 62.4 Å². The topological polar surface area (TPSA) is 9.23 Å². The number of ether oxygens (including phenoxy) is 1. The normalized spacial score (nSPS) is 29.0. The molecule has 3 unspecified atom stereocenters. The van der Waals surface area contributed by atoms with Gasteiger partial charge in [0.15, 0.2) is 0 Å². The maximum atomic E-state index is 14.9. The molecule has 190 valence electrons. The number of allylic oxidation sites excluding steroid dienone is 4. The van der Waals surface area contributed by atoms with Gasteiger partial charge >= 0.3 is 12.1 Å². The van der Waals surface area contributed by atoms with Gasteiger partial charge < -0.3 is 4.74 Å². The molecule has 0 aromatic heterocycles. The maximum absolute atomic E-state index is 14.9. The molecule has 3 atom stereocenters. The highest BCUT2D eigenvalue weighted by Gasteiger charge is 2.72. The van der Waals surface area contributed by atoms with Crippen molar-refractivity contribution < 1.29 is 39.9 Å². The lowest BCUT2D eigenvalue weighted by molar-refractivity contribution is -0.265. The molecule has 1 fully saturated rings. The van der Waals surface area contributed by atoms with Crippen LogP contribution in [0.1, 0.15) is 51.0 Å². The highest BCUT2D eigenvalue weighted by Crippen LogP contribution is 2.56. The van der Waals surface area contributed by atoms with Crippen LogP contribution >= 0.6 is 0 Å². The summed E-state index contributed by atoms with van der Waals surface area (Å²) in [5.74, 6) is -6.12. The fourth-order valence-corrected chi connectivity index (χ4v) is 5.01. The maximum Gasteiger partial charge on any atom is 0.425 e. The molecule has 1 aromatic rings. The third kappa shape index (κ3) is 4.98. The number of benzene rings is 1. The zero-order valence-electron chi connectivity index (χ0n) is 18.7. The minimum atomic E-state index is -6.02. The van der Waals surface area contributed by atoms with Crippen LogP contribution < -0.4 is 4.74 Å². The molecular formula is C25H28F8O. The molecule has 9 heteroatoms. The molecule has 0 heterocycles. The second kappa shape index (κ2) is 10.3. The van der Waals surface area contributed by atoms with Gasteiger partial charge in [0.2, 0.25) is 0 Å². The van der Waals surface area contributed by atoms with Gasteiger partial charge in [-0.25, -0.2) is 22.0 Å². The monoisotopic (exact) mass is 496 g/mol. The van der Waals surface area contributed by atoms with Gasteiger partial charge in [-0.05, 0) is 54.5 Å². The first kappa shape index (κ1) is 26.5. The zero-order chi connectivity index (χ0) is 25.1. The Bertz CT molecular complexity index is 868. The molecule has 2 aliphatic carbocycles. The molecule has 0 bridgehead atoms. The van der Waals surface area contributed by atoms with Crippen molar-refractivity contribution in [3.05, 3.63) is 53.9 Å². The van der Waals surface area contributed by atoms with E-state index in [2.05, 4.69) is 6.92 Å². The molecule has 0 radical (unpaired) electrons. The Morgan fingerprint density at radius 1 is 1.00 bits per heavy atom. The Morgan fingerprint density at radius 3 is 2.12 bits per heavy atom. The van der Waals surface area contributed by atoms with E-state index < -0.39 is 41.2 Å². The number of alkyl halides is 7. The molecule has 1 nitrogen and oxygen atoms in total. The molecule has 1 aromatic carbocycles. The summed E-state index contributed by atoms with van der Waals surface area (Å²) in [6.07, 6.45) is -5.57. The fourth-order valence-electron chi connectivity index (χ4n) is 5.01. The summed E-state index contributed by atoms with van der Waals surface area (Å²) in [5, 5.41) is 0. The van der Waals surface area contributed by atoms with Crippen molar-refractivity contribution in [2.24, 2.45) is 11.8 Å². The van der Waals surface area contributed by atoms with Crippen molar-refractivity contribution in [3.8, 4) is 5.75 Å². The largest absolute Gasteiger partial charge is 0.493 e. The minimum absolute atomic E-state index is 0.219. The number of hydrogen-bond donors (Lipinski definition) is 0. The lowest BCUT2D eigenvalue weighted by atomic mass is 9.67. The van der Waals surface area contributed by atoms with E-state index in [1.165, 1.54) is 6.42 Å². The van der Waals surface area contributed by atoms with Crippen LogP contribution in [0.2, 0.25) is 0 Å². The second-order valence-corrected chi connectivity index (χ2v) is 9.15. The van der Waals surface area contributed by atoms with Crippen molar-refractivity contribution in [2.45, 2.75) is 75.3 Å².